The Morgan fingerprint density at radius 1 is 0.857 bits per heavy atom. The number of nitrogens with two attached hydrogens (primary N) is 1. The Hall–Kier alpha value is -4.98. The fraction of sp³-hybridized carbons (Fsp3) is 0.357. The van der Waals surface area contributed by atoms with Crippen molar-refractivity contribution in [3.63, 3.8) is 0 Å². The number of anilines is 3. The molecule has 1 aromatic heterocycles. The lowest BCUT2D eigenvalue weighted by molar-refractivity contribution is -0.269. The average molecular weight is 583 g/mol. The SMILES string of the molecule is CC(=O)OC[C@H]1O[C@@H](n2ccc(Nc3cccc4c(N)cccc34)nc2=O)[C@H](OC(C)=O)[C@@H](OC(C)=O)[C@@H]1OC(C)=O. The van der Waals surface area contributed by atoms with Crippen LogP contribution in [0.1, 0.15) is 33.9 Å². The Morgan fingerprint density at radius 3 is 2.12 bits per heavy atom. The van der Waals surface area contributed by atoms with Crippen LogP contribution in [0.3, 0.4) is 0 Å². The van der Waals surface area contributed by atoms with Crippen molar-refractivity contribution in [1.82, 2.24) is 9.55 Å². The number of esters is 4. The molecule has 5 atom stereocenters. The van der Waals surface area contributed by atoms with Crippen LogP contribution >= 0.6 is 0 Å². The highest BCUT2D eigenvalue weighted by atomic mass is 16.7. The number of nitrogens with one attached hydrogen (secondary N) is 1. The van der Waals surface area contributed by atoms with Gasteiger partial charge in [0, 0.05) is 56.0 Å². The summed E-state index contributed by atoms with van der Waals surface area (Å²) < 4.78 is 28.4. The monoisotopic (exact) mass is 582 g/mol. The zero-order valence-electron chi connectivity index (χ0n) is 23.3. The van der Waals surface area contributed by atoms with E-state index in [1.54, 1.807) is 24.3 Å². The minimum absolute atomic E-state index is 0.191. The maximum Gasteiger partial charge on any atom is 0.351 e. The average Bonchev–Trinajstić information content (AvgIpc) is 2.90. The molecule has 1 fully saturated rings. The van der Waals surface area contributed by atoms with Crippen LogP contribution in [0.2, 0.25) is 0 Å². The zero-order chi connectivity index (χ0) is 30.6. The van der Waals surface area contributed by atoms with E-state index >= 15 is 0 Å². The second-order valence-electron chi connectivity index (χ2n) is 9.47. The summed E-state index contributed by atoms with van der Waals surface area (Å²) in [7, 11) is 0. The molecule has 0 radical (unpaired) electrons. The van der Waals surface area contributed by atoms with Gasteiger partial charge in [-0.25, -0.2) is 4.79 Å². The topological polar surface area (TPSA) is 187 Å². The molecular weight excluding hydrogens is 552 g/mol. The normalized spacial score (nSPS) is 21.7. The lowest BCUT2D eigenvalue weighted by Crippen LogP contribution is -2.61. The summed E-state index contributed by atoms with van der Waals surface area (Å²) in [6, 6.07) is 12.4. The summed E-state index contributed by atoms with van der Waals surface area (Å²) in [5.74, 6) is -2.82. The molecule has 0 bridgehead atoms. The van der Waals surface area contributed by atoms with Crippen molar-refractivity contribution in [2.24, 2.45) is 0 Å². The summed E-state index contributed by atoms with van der Waals surface area (Å²) in [4.78, 5) is 65.1. The molecule has 0 saturated carbocycles. The number of carbonyl (C=O) groups excluding carboxylic acids is 4. The van der Waals surface area contributed by atoms with E-state index in [1.165, 1.54) is 12.3 Å². The van der Waals surface area contributed by atoms with Gasteiger partial charge in [-0.1, -0.05) is 24.3 Å². The third-order valence-corrected chi connectivity index (χ3v) is 6.29. The Balaban J connectivity index is 1.73. The highest BCUT2D eigenvalue weighted by molar-refractivity contribution is 6.01. The lowest BCUT2D eigenvalue weighted by Gasteiger charge is -2.44. The first kappa shape index (κ1) is 30.0. The molecule has 0 aliphatic carbocycles. The second-order valence-corrected chi connectivity index (χ2v) is 9.47. The summed E-state index contributed by atoms with van der Waals surface area (Å²) in [6.07, 6.45) is -5.53. The molecule has 0 amide bonds. The summed E-state index contributed by atoms with van der Waals surface area (Å²) in [6.45, 7) is 4.07. The quantitative estimate of drug-likeness (QED) is 0.223. The van der Waals surface area contributed by atoms with Crippen LogP contribution in [-0.4, -0.2) is 64.5 Å². The third kappa shape index (κ3) is 6.83. The predicted molar refractivity (Wildman–Crippen MR) is 147 cm³/mol. The molecule has 42 heavy (non-hydrogen) atoms. The van der Waals surface area contributed by atoms with Crippen molar-refractivity contribution in [3.05, 3.63) is 59.1 Å². The van der Waals surface area contributed by atoms with Gasteiger partial charge in [0.1, 0.15) is 18.5 Å². The highest BCUT2D eigenvalue weighted by Crippen LogP contribution is 2.34. The van der Waals surface area contributed by atoms with E-state index in [-0.39, 0.29) is 5.82 Å². The van der Waals surface area contributed by atoms with Crippen LogP contribution < -0.4 is 16.7 Å². The number of nitrogen functional groups attached to an aromatic ring is 1. The van der Waals surface area contributed by atoms with Gasteiger partial charge in [-0.05, 0) is 18.2 Å². The van der Waals surface area contributed by atoms with Crippen LogP contribution in [0.15, 0.2) is 53.5 Å². The lowest BCUT2D eigenvalue weighted by atomic mass is 9.97. The summed E-state index contributed by atoms with van der Waals surface area (Å²) in [5.41, 5.74) is 6.50. The van der Waals surface area contributed by atoms with Crippen LogP contribution in [0.5, 0.6) is 0 Å². The number of benzene rings is 2. The van der Waals surface area contributed by atoms with Gasteiger partial charge in [-0.2, -0.15) is 4.98 Å². The van der Waals surface area contributed by atoms with Gasteiger partial charge in [-0.15, -0.1) is 0 Å². The van der Waals surface area contributed by atoms with Crippen LogP contribution in [0, 0.1) is 0 Å². The molecule has 1 saturated heterocycles. The predicted octanol–water partition coefficient (Wildman–Crippen LogP) is 1.98. The smallest absolute Gasteiger partial charge is 0.351 e. The van der Waals surface area contributed by atoms with Gasteiger partial charge in [0.25, 0.3) is 0 Å². The molecule has 3 N–H and O–H groups in total. The van der Waals surface area contributed by atoms with Gasteiger partial charge in [0.2, 0.25) is 0 Å². The molecule has 14 nitrogen and oxygen atoms in total. The summed E-state index contributed by atoms with van der Waals surface area (Å²) >= 11 is 0. The van der Waals surface area contributed by atoms with Gasteiger partial charge >= 0.3 is 29.6 Å². The Labute approximate surface area is 239 Å². The molecule has 0 unspecified atom stereocenters. The molecule has 2 heterocycles. The molecule has 14 heteroatoms. The van der Waals surface area contributed by atoms with E-state index in [9.17, 15) is 24.0 Å². The van der Waals surface area contributed by atoms with E-state index < -0.39 is 66.8 Å². The van der Waals surface area contributed by atoms with Crippen molar-refractivity contribution in [1.29, 1.82) is 0 Å². The second kappa shape index (κ2) is 12.7. The number of nitrogens with zero attached hydrogens (tertiary/aromatic N) is 2. The maximum absolute atomic E-state index is 13.3. The van der Waals surface area contributed by atoms with E-state index in [0.29, 0.717) is 11.4 Å². The molecular formula is C28H30N4O10. The highest BCUT2D eigenvalue weighted by Gasteiger charge is 2.53. The maximum atomic E-state index is 13.3. The van der Waals surface area contributed by atoms with E-state index in [1.807, 2.05) is 12.1 Å². The zero-order valence-corrected chi connectivity index (χ0v) is 23.3. The summed E-state index contributed by atoms with van der Waals surface area (Å²) in [5, 5.41) is 4.72. The van der Waals surface area contributed by atoms with Crippen molar-refractivity contribution in [2.45, 2.75) is 58.3 Å². The first-order valence-electron chi connectivity index (χ1n) is 12.9. The van der Waals surface area contributed by atoms with Gasteiger partial charge in [-0.3, -0.25) is 23.7 Å². The van der Waals surface area contributed by atoms with Crippen LogP contribution in [0.4, 0.5) is 17.2 Å². The number of hydrogen-bond donors (Lipinski definition) is 2. The minimum Gasteiger partial charge on any atom is -0.463 e. The van der Waals surface area contributed by atoms with Crippen molar-refractivity contribution in [3.8, 4) is 0 Å². The van der Waals surface area contributed by atoms with Gasteiger partial charge in [0.05, 0.1) is 0 Å². The molecule has 1 aliphatic rings. The minimum atomic E-state index is -1.45. The molecule has 222 valence electrons. The molecule has 3 aromatic rings. The van der Waals surface area contributed by atoms with Gasteiger partial charge in [0.15, 0.2) is 24.5 Å². The third-order valence-electron chi connectivity index (χ3n) is 6.29. The van der Waals surface area contributed by atoms with Gasteiger partial charge < -0.3 is 34.7 Å². The standard InChI is InChI=1S/C28H30N4O10/c1-14(33)38-13-22-24(39-15(2)34)25(40-16(3)35)26(41-17(4)36)27(42-22)32-12-11-23(31-28(32)37)30-21-10-6-7-18-19(21)8-5-9-20(18)29/h5-12,22,24-27H,13,29H2,1-4H3,(H,30,31,37)/t22-,24-,25+,26-,27-/m1/s1. The molecule has 2 aromatic carbocycles. The Bertz CT molecular complexity index is 1570. The number of carbonyl (C=O) groups is 4. The molecule has 1 aliphatic heterocycles. The molecule has 0 spiro atoms. The van der Waals surface area contributed by atoms with Crippen LogP contribution in [-0.2, 0) is 42.9 Å². The number of ether oxygens (including phenoxy) is 5. The number of aromatic nitrogens is 2. The van der Waals surface area contributed by atoms with Crippen molar-refractivity contribution < 1.29 is 42.9 Å². The van der Waals surface area contributed by atoms with Crippen LogP contribution in [0.25, 0.3) is 10.8 Å². The van der Waals surface area contributed by atoms with E-state index in [2.05, 4.69) is 10.3 Å². The van der Waals surface area contributed by atoms with E-state index in [4.69, 9.17) is 29.4 Å². The Kier molecular flexibility index (Phi) is 9.06. The first-order valence-corrected chi connectivity index (χ1v) is 12.9. The number of fused-ring (bicyclic) bond motifs is 1. The number of rotatable bonds is 8. The van der Waals surface area contributed by atoms with Crippen molar-refractivity contribution >= 4 is 51.8 Å². The Morgan fingerprint density at radius 2 is 1.48 bits per heavy atom. The molecule has 4 rings (SSSR count). The van der Waals surface area contributed by atoms with E-state index in [0.717, 1.165) is 43.0 Å². The fourth-order valence-corrected chi connectivity index (χ4v) is 4.69. The number of hydrogen-bond acceptors (Lipinski definition) is 13. The van der Waals surface area contributed by atoms with Crippen molar-refractivity contribution in [2.75, 3.05) is 17.7 Å². The first-order chi connectivity index (χ1) is 19.9. The largest absolute Gasteiger partial charge is 0.463 e. The fourth-order valence-electron chi connectivity index (χ4n) is 4.69.